The fraction of sp³-hybridized carbons (Fsp3) is 0.348. The molecule has 1 aliphatic heterocycles. The van der Waals surface area contributed by atoms with Gasteiger partial charge in [-0.25, -0.2) is 4.68 Å². The Labute approximate surface area is 169 Å². The van der Waals surface area contributed by atoms with E-state index in [1.807, 2.05) is 61.2 Å². The first-order valence-electron chi connectivity index (χ1n) is 10.1. The van der Waals surface area contributed by atoms with Crippen LogP contribution in [-0.4, -0.2) is 33.7 Å². The third-order valence-electron chi connectivity index (χ3n) is 5.49. The van der Waals surface area contributed by atoms with Gasteiger partial charge in [0.05, 0.1) is 23.7 Å². The topological polar surface area (TPSA) is 64.4 Å². The number of hydrogen-bond donors (Lipinski definition) is 0. The second kappa shape index (κ2) is 8.07. The van der Waals surface area contributed by atoms with Crippen LogP contribution < -0.4 is 10.3 Å². The highest BCUT2D eigenvalue weighted by Gasteiger charge is 2.30. The van der Waals surface area contributed by atoms with Crippen molar-refractivity contribution in [1.29, 1.82) is 0 Å². The molecule has 1 fully saturated rings. The van der Waals surface area contributed by atoms with E-state index in [2.05, 4.69) is 5.10 Å². The molecule has 0 radical (unpaired) electrons. The van der Waals surface area contributed by atoms with Crippen LogP contribution in [0.4, 0.5) is 0 Å². The normalized spacial score (nSPS) is 16.3. The Bertz CT molecular complexity index is 1090. The Morgan fingerprint density at radius 1 is 1.14 bits per heavy atom. The first-order chi connectivity index (χ1) is 14.1. The number of amides is 1. The number of benzene rings is 2. The highest BCUT2D eigenvalue weighted by molar-refractivity contribution is 5.83. The van der Waals surface area contributed by atoms with Crippen molar-refractivity contribution in [3.63, 3.8) is 0 Å². The lowest BCUT2D eigenvalue weighted by Crippen LogP contribution is -2.37. The van der Waals surface area contributed by atoms with Gasteiger partial charge in [0.25, 0.3) is 5.56 Å². The second-order valence-corrected chi connectivity index (χ2v) is 7.34. The summed E-state index contributed by atoms with van der Waals surface area (Å²) in [4.78, 5) is 27.7. The van der Waals surface area contributed by atoms with Gasteiger partial charge in [-0.15, -0.1) is 0 Å². The molecule has 1 saturated heterocycles. The summed E-state index contributed by atoms with van der Waals surface area (Å²) in [6.45, 7) is 5.09. The predicted molar refractivity (Wildman–Crippen MR) is 112 cm³/mol. The Balaban J connectivity index is 1.57. The van der Waals surface area contributed by atoms with Crippen LogP contribution in [0.25, 0.3) is 10.8 Å². The lowest BCUT2D eigenvalue weighted by Gasteiger charge is -2.25. The molecule has 3 aromatic rings. The summed E-state index contributed by atoms with van der Waals surface area (Å²) >= 11 is 0. The van der Waals surface area contributed by atoms with E-state index < -0.39 is 0 Å². The Hall–Kier alpha value is -3.15. The number of nitrogens with zero attached hydrogens (tertiary/aromatic N) is 3. The molecule has 2 heterocycles. The highest BCUT2D eigenvalue weighted by Crippen LogP contribution is 2.33. The van der Waals surface area contributed by atoms with Crippen molar-refractivity contribution < 1.29 is 9.53 Å². The number of likely N-dealkylation sites (tertiary alicyclic amines) is 1. The summed E-state index contributed by atoms with van der Waals surface area (Å²) in [6.07, 6.45) is 1.86. The minimum Gasteiger partial charge on any atom is -0.494 e. The summed E-state index contributed by atoms with van der Waals surface area (Å²) in [5.41, 5.74) is 1.61. The van der Waals surface area contributed by atoms with Crippen LogP contribution in [0.5, 0.6) is 5.75 Å². The van der Waals surface area contributed by atoms with Gasteiger partial charge < -0.3 is 9.64 Å². The van der Waals surface area contributed by atoms with Crippen LogP contribution in [0, 0.1) is 6.92 Å². The van der Waals surface area contributed by atoms with Crippen molar-refractivity contribution in [2.24, 2.45) is 0 Å². The number of carbonyl (C=O) groups is 1. The number of carbonyl (C=O) groups excluding carboxylic acids is 1. The number of ether oxygens (including phenoxy) is 1. The second-order valence-electron chi connectivity index (χ2n) is 7.34. The molecule has 6 heteroatoms. The zero-order valence-corrected chi connectivity index (χ0v) is 16.8. The standard InChI is InChI=1S/C23H25N3O3/c1-3-29-18-12-10-17(11-13-18)21-9-6-14-25(21)22(27)15-26-23(28)20-8-5-4-7-19(20)16(2)24-26/h4-5,7-8,10-13,21H,3,6,9,14-15H2,1-2H3/t21-/m1/s1. The molecule has 6 nitrogen and oxygen atoms in total. The fourth-order valence-corrected chi connectivity index (χ4v) is 4.10. The van der Waals surface area contributed by atoms with E-state index in [0.29, 0.717) is 18.5 Å². The van der Waals surface area contributed by atoms with E-state index >= 15 is 0 Å². The van der Waals surface area contributed by atoms with Gasteiger partial charge in [-0.05, 0) is 50.5 Å². The minimum atomic E-state index is -0.226. The average molecular weight is 391 g/mol. The van der Waals surface area contributed by atoms with E-state index in [4.69, 9.17) is 4.74 Å². The molecule has 150 valence electrons. The molecular formula is C23H25N3O3. The van der Waals surface area contributed by atoms with Gasteiger partial charge in [0.15, 0.2) is 0 Å². The molecule has 0 unspecified atom stereocenters. The molecule has 2 aromatic carbocycles. The summed E-state index contributed by atoms with van der Waals surface area (Å²) in [5, 5.41) is 5.81. The molecule has 4 rings (SSSR count). The third-order valence-corrected chi connectivity index (χ3v) is 5.49. The maximum Gasteiger partial charge on any atom is 0.275 e. The molecule has 1 amide bonds. The first-order valence-corrected chi connectivity index (χ1v) is 10.1. The van der Waals surface area contributed by atoms with Crippen LogP contribution in [0.15, 0.2) is 53.3 Å². The average Bonchev–Trinajstić information content (AvgIpc) is 3.23. The van der Waals surface area contributed by atoms with Crippen molar-refractivity contribution in [2.75, 3.05) is 13.2 Å². The lowest BCUT2D eigenvalue weighted by atomic mass is 10.0. The molecule has 1 aromatic heterocycles. The number of hydrogen-bond acceptors (Lipinski definition) is 4. The first kappa shape index (κ1) is 19.2. The number of fused-ring (bicyclic) bond motifs is 1. The van der Waals surface area contributed by atoms with Crippen LogP contribution in [0.2, 0.25) is 0 Å². The van der Waals surface area contributed by atoms with Crippen LogP contribution in [-0.2, 0) is 11.3 Å². The Kier molecular flexibility index (Phi) is 5.34. The minimum absolute atomic E-state index is 0.0235. The number of rotatable bonds is 5. The molecule has 1 atom stereocenters. The van der Waals surface area contributed by atoms with Crippen LogP contribution in [0.1, 0.15) is 37.1 Å². The molecule has 29 heavy (non-hydrogen) atoms. The largest absolute Gasteiger partial charge is 0.494 e. The molecule has 0 N–H and O–H groups in total. The van der Waals surface area contributed by atoms with Gasteiger partial charge in [-0.3, -0.25) is 9.59 Å². The van der Waals surface area contributed by atoms with Crippen molar-refractivity contribution in [1.82, 2.24) is 14.7 Å². The monoisotopic (exact) mass is 391 g/mol. The van der Waals surface area contributed by atoms with Crippen molar-refractivity contribution in [2.45, 2.75) is 39.3 Å². The Morgan fingerprint density at radius 3 is 2.59 bits per heavy atom. The maximum atomic E-state index is 13.1. The van der Waals surface area contributed by atoms with Crippen LogP contribution in [0.3, 0.4) is 0 Å². The number of aromatic nitrogens is 2. The van der Waals surface area contributed by atoms with E-state index in [1.54, 1.807) is 6.07 Å². The molecule has 0 aliphatic carbocycles. The quantitative estimate of drug-likeness (QED) is 0.668. The summed E-state index contributed by atoms with van der Waals surface area (Å²) in [5.74, 6) is 0.750. The van der Waals surface area contributed by atoms with Gasteiger partial charge >= 0.3 is 0 Å². The molecule has 1 aliphatic rings. The molecule has 0 bridgehead atoms. The molecule has 0 spiro atoms. The van der Waals surface area contributed by atoms with E-state index in [0.717, 1.165) is 35.2 Å². The van der Waals surface area contributed by atoms with Gasteiger partial charge in [0.2, 0.25) is 5.91 Å². The summed E-state index contributed by atoms with van der Waals surface area (Å²) in [6, 6.07) is 15.3. The van der Waals surface area contributed by atoms with Crippen molar-refractivity contribution >= 4 is 16.7 Å². The van der Waals surface area contributed by atoms with Gasteiger partial charge in [-0.1, -0.05) is 30.3 Å². The SMILES string of the molecule is CCOc1ccc([C@H]2CCCN2C(=O)Cn2nc(C)c3ccccc3c2=O)cc1. The van der Waals surface area contributed by atoms with Gasteiger partial charge in [0, 0.05) is 11.9 Å². The van der Waals surface area contributed by atoms with E-state index in [-0.39, 0.29) is 24.1 Å². The maximum absolute atomic E-state index is 13.1. The summed E-state index contributed by atoms with van der Waals surface area (Å²) in [7, 11) is 0. The number of aryl methyl sites for hydroxylation is 1. The van der Waals surface area contributed by atoms with E-state index in [9.17, 15) is 9.59 Å². The predicted octanol–water partition coefficient (Wildman–Crippen LogP) is 3.47. The van der Waals surface area contributed by atoms with Crippen LogP contribution >= 0.6 is 0 Å². The molecular weight excluding hydrogens is 366 g/mol. The third kappa shape index (κ3) is 3.75. The zero-order valence-electron chi connectivity index (χ0n) is 16.8. The Morgan fingerprint density at radius 2 is 1.86 bits per heavy atom. The smallest absolute Gasteiger partial charge is 0.275 e. The highest BCUT2D eigenvalue weighted by atomic mass is 16.5. The van der Waals surface area contributed by atoms with Gasteiger partial charge in [0.1, 0.15) is 12.3 Å². The fourth-order valence-electron chi connectivity index (χ4n) is 4.10. The lowest BCUT2D eigenvalue weighted by molar-refractivity contribution is -0.133. The van der Waals surface area contributed by atoms with Gasteiger partial charge in [-0.2, -0.15) is 5.10 Å². The summed E-state index contributed by atoms with van der Waals surface area (Å²) < 4.78 is 6.81. The molecule has 0 saturated carbocycles. The van der Waals surface area contributed by atoms with Crippen molar-refractivity contribution in [3.05, 3.63) is 70.1 Å². The van der Waals surface area contributed by atoms with Crippen molar-refractivity contribution in [3.8, 4) is 5.75 Å². The zero-order chi connectivity index (χ0) is 20.4. The van der Waals surface area contributed by atoms with E-state index in [1.165, 1.54) is 4.68 Å².